The molecule has 0 aliphatic carbocycles. The van der Waals surface area contributed by atoms with Gasteiger partial charge in [-0.05, 0) is 18.3 Å². The van der Waals surface area contributed by atoms with Crippen molar-refractivity contribution in [1.29, 1.82) is 0 Å². The van der Waals surface area contributed by atoms with E-state index in [1.807, 2.05) is 0 Å². The van der Waals surface area contributed by atoms with Crippen LogP contribution in [0.25, 0.3) is 0 Å². The molecule has 0 unspecified atom stereocenters. The van der Waals surface area contributed by atoms with Crippen molar-refractivity contribution in [2.45, 2.75) is 33.1 Å². The topological polar surface area (TPSA) is 21.6 Å². The van der Waals surface area contributed by atoms with Crippen LogP contribution in [-0.2, 0) is 4.74 Å². The first-order chi connectivity index (χ1) is 5.14. The van der Waals surface area contributed by atoms with Crippen molar-refractivity contribution in [2.24, 2.45) is 10.4 Å². The van der Waals surface area contributed by atoms with Crippen molar-refractivity contribution in [3.05, 3.63) is 0 Å². The fourth-order valence-corrected chi connectivity index (χ4v) is 1.35. The Hall–Kier alpha value is -0.530. The summed E-state index contributed by atoms with van der Waals surface area (Å²) >= 11 is 0. The Morgan fingerprint density at radius 3 is 2.82 bits per heavy atom. The molecule has 0 aromatic carbocycles. The maximum absolute atomic E-state index is 5.11. The van der Waals surface area contributed by atoms with Crippen LogP contribution in [0, 0.1) is 5.41 Å². The number of nitrogens with zero attached hydrogens (tertiary/aromatic N) is 1. The van der Waals surface area contributed by atoms with Crippen molar-refractivity contribution in [1.82, 2.24) is 0 Å². The molecule has 0 spiro atoms. The number of ether oxygens (including phenoxy) is 1. The molecule has 0 aromatic heterocycles. The molecule has 0 saturated carbocycles. The summed E-state index contributed by atoms with van der Waals surface area (Å²) in [6, 6.07) is 0. The van der Waals surface area contributed by atoms with Crippen LogP contribution >= 0.6 is 0 Å². The maximum Gasteiger partial charge on any atom is 0.182 e. The molecular formula is C9H17NO. The van der Waals surface area contributed by atoms with Gasteiger partial charge >= 0.3 is 0 Å². The zero-order valence-electron chi connectivity index (χ0n) is 7.68. The number of rotatable bonds is 0. The highest BCUT2D eigenvalue weighted by Crippen LogP contribution is 2.26. The van der Waals surface area contributed by atoms with Gasteiger partial charge in [-0.15, -0.1) is 0 Å². The van der Waals surface area contributed by atoms with Crippen molar-refractivity contribution < 1.29 is 4.74 Å². The van der Waals surface area contributed by atoms with Gasteiger partial charge in [-0.2, -0.15) is 0 Å². The van der Waals surface area contributed by atoms with Crippen molar-refractivity contribution >= 4 is 5.90 Å². The minimum atomic E-state index is 0.375. The highest BCUT2D eigenvalue weighted by atomic mass is 16.5. The molecule has 1 heterocycles. The average molecular weight is 155 g/mol. The minimum Gasteiger partial charge on any atom is -0.484 e. The van der Waals surface area contributed by atoms with Crippen LogP contribution in [0.3, 0.4) is 0 Å². The summed E-state index contributed by atoms with van der Waals surface area (Å²) in [6.45, 7) is 5.43. The second-order valence-electron chi connectivity index (χ2n) is 3.93. The number of aliphatic imine (C=N–C) groups is 1. The Morgan fingerprint density at radius 2 is 2.18 bits per heavy atom. The summed E-state index contributed by atoms with van der Waals surface area (Å²) in [6.07, 6.45) is 3.48. The molecule has 0 amide bonds. The van der Waals surface area contributed by atoms with E-state index in [1.54, 1.807) is 7.11 Å². The van der Waals surface area contributed by atoms with Crippen LogP contribution < -0.4 is 0 Å². The van der Waals surface area contributed by atoms with E-state index < -0.39 is 0 Å². The molecule has 1 rings (SSSR count). The van der Waals surface area contributed by atoms with Gasteiger partial charge in [-0.25, -0.2) is 0 Å². The summed E-state index contributed by atoms with van der Waals surface area (Å²) in [5.74, 6) is 0.926. The van der Waals surface area contributed by atoms with E-state index in [9.17, 15) is 0 Å². The molecule has 0 N–H and O–H groups in total. The number of hydrogen-bond acceptors (Lipinski definition) is 2. The lowest BCUT2D eigenvalue weighted by atomic mass is 9.88. The Morgan fingerprint density at radius 1 is 1.45 bits per heavy atom. The molecule has 2 nitrogen and oxygen atoms in total. The third-order valence-electron chi connectivity index (χ3n) is 2.16. The molecule has 0 aromatic rings. The predicted octanol–water partition coefficient (Wildman–Crippen LogP) is 2.24. The monoisotopic (exact) mass is 155 g/mol. The lowest BCUT2D eigenvalue weighted by Crippen LogP contribution is -2.13. The third kappa shape index (κ3) is 2.52. The first-order valence-corrected chi connectivity index (χ1v) is 4.21. The first kappa shape index (κ1) is 8.57. The summed E-state index contributed by atoms with van der Waals surface area (Å²) in [5.41, 5.74) is 0.375. The molecule has 0 bridgehead atoms. The van der Waals surface area contributed by atoms with Gasteiger partial charge in [-0.3, -0.25) is 4.99 Å². The van der Waals surface area contributed by atoms with Gasteiger partial charge in [0.05, 0.1) is 7.11 Å². The van der Waals surface area contributed by atoms with E-state index >= 15 is 0 Å². The zero-order chi connectivity index (χ0) is 8.32. The molecule has 64 valence electrons. The molecule has 1 aliphatic heterocycles. The largest absolute Gasteiger partial charge is 0.484 e. The molecule has 1 aliphatic rings. The Kier molecular flexibility index (Phi) is 2.53. The standard InChI is InChI=1S/C9H17NO/c1-9(2)6-4-5-8(11-3)10-7-9/h4-7H2,1-3H3. The van der Waals surface area contributed by atoms with Crippen molar-refractivity contribution in [3.8, 4) is 0 Å². The first-order valence-electron chi connectivity index (χ1n) is 4.21. The summed E-state index contributed by atoms with van der Waals surface area (Å²) < 4.78 is 5.11. The van der Waals surface area contributed by atoms with Gasteiger partial charge in [0.15, 0.2) is 5.90 Å². The Bertz CT molecular complexity index is 161. The van der Waals surface area contributed by atoms with Crippen molar-refractivity contribution in [3.63, 3.8) is 0 Å². The fraction of sp³-hybridized carbons (Fsp3) is 0.889. The second-order valence-corrected chi connectivity index (χ2v) is 3.93. The van der Waals surface area contributed by atoms with Crippen LogP contribution in [0.1, 0.15) is 33.1 Å². The quantitative estimate of drug-likeness (QED) is 0.525. The predicted molar refractivity (Wildman–Crippen MR) is 46.9 cm³/mol. The third-order valence-corrected chi connectivity index (χ3v) is 2.16. The van der Waals surface area contributed by atoms with Gasteiger partial charge in [-0.1, -0.05) is 13.8 Å². The molecule has 0 atom stereocenters. The van der Waals surface area contributed by atoms with E-state index in [0.717, 1.165) is 18.9 Å². The molecular weight excluding hydrogens is 138 g/mol. The van der Waals surface area contributed by atoms with Crippen LogP contribution in [0.15, 0.2) is 4.99 Å². The zero-order valence-corrected chi connectivity index (χ0v) is 7.68. The van der Waals surface area contributed by atoms with E-state index in [1.165, 1.54) is 12.8 Å². The molecule has 0 fully saturated rings. The van der Waals surface area contributed by atoms with Crippen molar-refractivity contribution in [2.75, 3.05) is 13.7 Å². The number of hydrogen-bond donors (Lipinski definition) is 0. The van der Waals surface area contributed by atoms with Gasteiger partial charge in [0.2, 0.25) is 0 Å². The smallest absolute Gasteiger partial charge is 0.182 e. The Labute approximate surface area is 68.7 Å². The summed E-state index contributed by atoms with van der Waals surface area (Å²) in [5, 5.41) is 0. The molecule has 0 radical (unpaired) electrons. The molecule has 0 saturated heterocycles. The van der Waals surface area contributed by atoms with Crippen LogP contribution in [0.5, 0.6) is 0 Å². The van der Waals surface area contributed by atoms with E-state index in [4.69, 9.17) is 4.74 Å². The minimum absolute atomic E-state index is 0.375. The van der Waals surface area contributed by atoms with Crippen LogP contribution in [-0.4, -0.2) is 19.6 Å². The number of methoxy groups -OCH3 is 1. The van der Waals surface area contributed by atoms with Crippen LogP contribution in [0.4, 0.5) is 0 Å². The normalized spacial score (nSPS) is 23.7. The maximum atomic E-state index is 5.11. The van der Waals surface area contributed by atoms with Crippen LogP contribution in [0.2, 0.25) is 0 Å². The highest BCUT2D eigenvalue weighted by Gasteiger charge is 2.20. The lowest BCUT2D eigenvalue weighted by Gasteiger charge is -2.19. The SMILES string of the molecule is COC1=NCC(C)(C)CCC1. The van der Waals surface area contributed by atoms with Gasteiger partial charge < -0.3 is 4.74 Å². The van der Waals surface area contributed by atoms with E-state index in [-0.39, 0.29) is 0 Å². The second kappa shape index (κ2) is 3.24. The summed E-state index contributed by atoms with van der Waals surface area (Å²) in [4.78, 5) is 4.39. The average Bonchev–Trinajstić information content (AvgIpc) is 2.10. The lowest BCUT2D eigenvalue weighted by molar-refractivity contribution is 0.348. The van der Waals surface area contributed by atoms with Gasteiger partial charge in [0.1, 0.15) is 0 Å². The van der Waals surface area contributed by atoms with E-state index in [2.05, 4.69) is 18.8 Å². The van der Waals surface area contributed by atoms with Gasteiger partial charge in [0.25, 0.3) is 0 Å². The van der Waals surface area contributed by atoms with E-state index in [0.29, 0.717) is 5.41 Å². The Balaban J connectivity index is 2.56. The molecule has 11 heavy (non-hydrogen) atoms. The highest BCUT2D eigenvalue weighted by molar-refractivity contribution is 5.76. The fourth-order valence-electron chi connectivity index (χ4n) is 1.35. The summed E-state index contributed by atoms with van der Waals surface area (Å²) in [7, 11) is 1.71. The van der Waals surface area contributed by atoms with Gasteiger partial charge in [0, 0.05) is 13.0 Å². The molecule has 2 heteroatoms.